The first kappa shape index (κ1) is 16.7. The zero-order valence-electron chi connectivity index (χ0n) is 14.8. The maximum Gasteiger partial charge on any atom is 0.254 e. The molecule has 0 unspecified atom stereocenters. The van der Waals surface area contributed by atoms with Crippen molar-refractivity contribution < 1.29 is 4.79 Å². The normalized spacial score (nSPS) is 17.7. The van der Waals surface area contributed by atoms with Crippen LogP contribution in [0.5, 0.6) is 0 Å². The van der Waals surface area contributed by atoms with Crippen molar-refractivity contribution in [3.05, 3.63) is 53.3 Å². The van der Waals surface area contributed by atoms with Crippen molar-refractivity contribution >= 4 is 5.91 Å². The molecule has 0 bridgehead atoms. The van der Waals surface area contributed by atoms with Crippen molar-refractivity contribution in [3.8, 4) is 0 Å². The summed E-state index contributed by atoms with van der Waals surface area (Å²) < 4.78 is 1.95. The van der Waals surface area contributed by atoms with Crippen molar-refractivity contribution in [1.82, 2.24) is 19.6 Å². The standard InChI is InChI=1S/C19H26N4O/c1-15-11-20-22(12-15)14-18-5-4-10-23(18)19(24)17-8-6-16(7-9-17)13-21(2)3/h6-9,11-12,18H,4-5,10,13-14H2,1-3H3/t18-/m0/s1. The van der Waals surface area contributed by atoms with Gasteiger partial charge in [-0.05, 0) is 57.1 Å². The van der Waals surface area contributed by atoms with Gasteiger partial charge in [-0.1, -0.05) is 12.1 Å². The van der Waals surface area contributed by atoms with E-state index in [-0.39, 0.29) is 11.9 Å². The number of benzene rings is 1. The summed E-state index contributed by atoms with van der Waals surface area (Å²) in [6, 6.07) is 8.24. The predicted octanol–water partition coefficient (Wildman–Crippen LogP) is 2.56. The average Bonchev–Trinajstić information content (AvgIpc) is 3.16. The van der Waals surface area contributed by atoms with E-state index in [0.717, 1.165) is 43.6 Å². The van der Waals surface area contributed by atoms with Gasteiger partial charge in [0.2, 0.25) is 0 Å². The van der Waals surface area contributed by atoms with E-state index >= 15 is 0 Å². The fraction of sp³-hybridized carbons (Fsp3) is 0.474. The molecule has 0 N–H and O–H groups in total. The third-order valence-corrected chi connectivity index (χ3v) is 4.50. The van der Waals surface area contributed by atoms with Gasteiger partial charge in [-0.3, -0.25) is 9.48 Å². The van der Waals surface area contributed by atoms with E-state index in [9.17, 15) is 4.79 Å². The smallest absolute Gasteiger partial charge is 0.254 e. The van der Waals surface area contributed by atoms with Gasteiger partial charge in [0.1, 0.15) is 0 Å². The highest BCUT2D eigenvalue weighted by atomic mass is 16.2. The zero-order chi connectivity index (χ0) is 17.1. The third kappa shape index (κ3) is 3.85. The minimum Gasteiger partial charge on any atom is -0.334 e. The molecule has 1 aromatic heterocycles. The average molecular weight is 326 g/mol. The van der Waals surface area contributed by atoms with Crippen molar-refractivity contribution in [3.63, 3.8) is 0 Å². The molecule has 0 radical (unpaired) electrons. The number of hydrogen-bond acceptors (Lipinski definition) is 3. The van der Waals surface area contributed by atoms with Crippen LogP contribution in [0.4, 0.5) is 0 Å². The van der Waals surface area contributed by atoms with Gasteiger partial charge in [-0.25, -0.2) is 0 Å². The molecule has 128 valence electrons. The van der Waals surface area contributed by atoms with E-state index in [2.05, 4.69) is 22.1 Å². The summed E-state index contributed by atoms with van der Waals surface area (Å²) in [5, 5.41) is 4.36. The first-order valence-electron chi connectivity index (χ1n) is 8.56. The Bertz CT molecular complexity index is 690. The van der Waals surface area contributed by atoms with Crippen LogP contribution in [0.3, 0.4) is 0 Å². The van der Waals surface area contributed by atoms with Gasteiger partial charge >= 0.3 is 0 Å². The van der Waals surface area contributed by atoms with E-state index in [1.54, 1.807) is 0 Å². The number of aromatic nitrogens is 2. The van der Waals surface area contributed by atoms with Crippen molar-refractivity contribution in [2.45, 2.75) is 38.9 Å². The molecule has 0 spiro atoms. The molecule has 1 fully saturated rings. The lowest BCUT2D eigenvalue weighted by Gasteiger charge is -2.25. The van der Waals surface area contributed by atoms with Gasteiger partial charge in [-0.2, -0.15) is 5.10 Å². The van der Waals surface area contributed by atoms with Crippen molar-refractivity contribution in [2.75, 3.05) is 20.6 Å². The molecular formula is C19H26N4O. The Labute approximate surface area is 143 Å². The number of likely N-dealkylation sites (tertiary alicyclic amines) is 1. The summed E-state index contributed by atoms with van der Waals surface area (Å²) >= 11 is 0. The van der Waals surface area contributed by atoms with Crippen LogP contribution in [-0.4, -0.2) is 52.2 Å². The predicted molar refractivity (Wildman–Crippen MR) is 94.9 cm³/mol. The molecule has 1 aromatic carbocycles. The number of carbonyl (C=O) groups excluding carboxylic acids is 1. The van der Waals surface area contributed by atoms with Crippen LogP contribution < -0.4 is 0 Å². The SMILES string of the molecule is Cc1cnn(C[C@@H]2CCCN2C(=O)c2ccc(CN(C)C)cc2)c1. The van der Waals surface area contributed by atoms with E-state index in [1.807, 2.05) is 55.1 Å². The zero-order valence-corrected chi connectivity index (χ0v) is 14.8. The summed E-state index contributed by atoms with van der Waals surface area (Å²) in [5.74, 6) is 0.137. The second kappa shape index (κ2) is 7.18. The van der Waals surface area contributed by atoms with E-state index in [1.165, 1.54) is 5.56 Å². The Morgan fingerprint density at radius 2 is 2.04 bits per heavy atom. The van der Waals surface area contributed by atoms with Gasteiger partial charge in [-0.15, -0.1) is 0 Å². The molecule has 2 aromatic rings. The molecule has 1 aliphatic rings. The highest BCUT2D eigenvalue weighted by molar-refractivity contribution is 5.94. The molecule has 0 saturated carbocycles. The summed E-state index contributed by atoms with van der Waals surface area (Å²) in [5.41, 5.74) is 3.16. The number of rotatable bonds is 5. The van der Waals surface area contributed by atoms with Crippen LogP contribution >= 0.6 is 0 Å². The topological polar surface area (TPSA) is 41.4 Å². The first-order valence-corrected chi connectivity index (χ1v) is 8.56. The lowest BCUT2D eigenvalue weighted by Crippen LogP contribution is -2.38. The lowest BCUT2D eigenvalue weighted by atomic mass is 10.1. The summed E-state index contributed by atoms with van der Waals surface area (Å²) in [4.78, 5) is 17.0. The molecule has 1 aliphatic heterocycles. The summed E-state index contributed by atoms with van der Waals surface area (Å²) in [6.07, 6.45) is 6.01. The molecule has 5 heteroatoms. The second-order valence-electron chi connectivity index (χ2n) is 6.97. The van der Waals surface area contributed by atoms with Gasteiger partial charge < -0.3 is 9.80 Å². The van der Waals surface area contributed by atoms with E-state index in [4.69, 9.17) is 0 Å². The highest BCUT2D eigenvalue weighted by Gasteiger charge is 2.29. The van der Waals surface area contributed by atoms with Crippen molar-refractivity contribution in [2.24, 2.45) is 0 Å². The van der Waals surface area contributed by atoms with Crippen LogP contribution in [0.25, 0.3) is 0 Å². The van der Waals surface area contributed by atoms with Gasteiger partial charge in [0.05, 0.1) is 18.8 Å². The minimum absolute atomic E-state index is 0.137. The Hall–Kier alpha value is -2.14. The van der Waals surface area contributed by atoms with Gasteiger partial charge in [0, 0.05) is 24.8 Å². The van der Waals surface area contributed by atoms with Crippen molar-refractivity contribution in [1.29, 1.82) is 0 Å². The highest BCUT2D eigenvalue weighted by Crippen LogP contribution is 2.22. The van der Waals surface area contributed by atoms with Crippen LogP contribution in [0.1, 0.15) is 34.3 Å². The first-order chi connectivity index (χ1) is 11.5. The fourth-order valence-corrected chi connectivity index (χ4v) is 3.36. The van der Waals surface area contributed by atoms with Crippen LogP contribution in [0.15, 0.2) is 36.7 Å². The Morgan fingerprint density at radius 3 is 2.67 bits per heavy atom. The molecule has 0 aliphatic carbocycles. The number of hydrogen-bond donors (Lipinski definition) is 0. The number of nitrogens with zero attached hydrogens (tertiary/aromatic N) is 4. The van der Waals surface area contributed by atoms with E-state index in [0.29, 0.717) is 0 Å². The number of amides is 1. The largest absolute Gasteiger partial charge is 0.334 e. The van der Waals surface area contributed by atoms with Gasteiger partial charge in [0.25, 0.3) is 5.91 Å². The maximum atomic E-state index is 12.9. The van der Waals surface area contributed by atoms with E-state index < -0.39 is 0 Å². The molecule has 1 atom stereocenters. The molecule has 3 rings (SSSR count). The number of aryl methyl sites for hydroxylation is 1. The molecule has 24 heavy (non-hydrogen) atoms. The molecule has 1 saturated heterocycles. The Balaban J connectivity index is 1.68. The van der Waals surface area contributed by atoms with Gasteiger partial charge in [0.15, 0.2) is 0 Å². The van der Waals surface area contributed by atoms with Crippen LogP contribution in [0, 0.1) is 6.92 Å². The Morgan fingerprint density at radius 1 is 1.29 bits per heavy atom. The monoisotopic (exact) mass is 326 g/mol. The summed E-state index contributed by atoms with van der Waals surface area (Å²) in [7, 11) is 4.09. The van der Waals surface area contributed by atoms with Crippen LogP contribution in [-0.2, 0) is 13.1 Å². The molecule has 5 nitrogen and oxygen atoms in total. The maximum absolute atomic E-state index is 12.9. The number of carbonyl (C=O) groups is 1. The quantitative estimate of drug-likeness (QED) is 0.848. The molecule has 2 heterocycles. The third-order valence-electron chi connectivity index (χ3n) is 4.50. The molecule has 1 amide bonds. The summed E-state index contributed by atoms with van der Waals surface area (Å²) in [6.45, 7) is 4.54. The van der Waals surface area contributed by atoms with Crippen LogP contribution in [0.2, 0.25) is 0 Å². The Kier molecular flexibility index (Phi) is 5.00. The molecular weight excluding hydrogens is 300 g/mol. The minimum atomic E-state index is 0.137. The fourth-order valence-electron chi connectivity index (χ4n) is 3.36. The second-order valence-corrected chi connectivity index (χ2v) is 6.97. The lowest BCUT2D eigenvalue weighted by molar-refractivity contribution is 0.0721.